The Kier molecular flexibility index (Phi) is 4.44. The number of rotatable bonds is 4. The SMILES string of the molecule is CC(C)(C)NCC(=O)Nc1cccc(C(N)=O)c1. The van der Waals surface area contributed by atoms with E-state index in [-0.39, 0.29) is 18.0 Å². The minimum atomic E-state index is -0.515. The lowest BCUT2D eigenvalue weighted by Crippen LogP contribution is -2.41. The maximum atomic E-state index is 11.7. The van der Waals surface area contributed by atoms with Gasteiger partial charge >= 0.3 is 0 Å². The molecule has 0 bridgehead atoms. The van der Waals surface area contributed by atoms with Crippen LogP contribution in [0.1, 0.15) is 31.1 Å². The van der Waals surface area contributed by atoms with Crippen LogP contribution in [-0.2, 0) is 4.79 Å². The maximum absolute atomic E-state index is 11.7. The number of carbonyl (C=O) groups is 2. The van der Waals surface area contributed by atoms with Gasteiger partial charge in [0.2, 0.25) is 11.8 Å². The molecule has 1 rings (SSSR count). The van der Waals surface area contributed by atoms with E-state index >= 15 is 0 Å². The van der Waals surface area contributed by atoms with E-state index in [0.717, 1.165) is 0 Å². The van der Waals surface area contributed by atoms with Gasteiger partial charge in [-0.05, 0) is 39.0 Å². The summed E-state index contributed by atoms with van der Waals surface area (Å²) in [6.45, 7) is 6.15. The quantitative estimate of drug-likeness (QED) is 0.747. The van der Waals surface area contributed by atoms with E-state index in [1.54, 1.807) is 24.3 Å². The van der Waals surface area contributed by atoms with Gasteiger partial charge in [0.05, 0.1) is 6.54 Å². The zero-order valence-electron chi connectivity index (χ0n) is 10.9. The number of nitrogens with two attached hydrogens (primary N) is 1. The fraction of sp³-hybridized carbons (Fsp3) is 0.385. The van der Waals surface area contributed by atoms with Crippen molar-refractivity contribution in [3.8, 4) is 0 Å². The van der Waals surface area contributed by atoms with Gasteiger partial charge in [-0.25, -0.2) is 0 Å². The van der Waals surface area contributed by atoms with E-state index in [4.69, 9.17) is 5.73 Å². The van der Waals surface area contributed by atoms with Crippen LogP contribution in [0.4, 0.5) is 5.69 Å². The van der Waals surface area contributed by atoms with Crippen molar-refractivity contribution in [3.63, 3.8) is 0 Å². The van der Waals surface area contributed by atoms with Gasteiger partial charge in [-0.1, -0.05) is 6.07 Å². The number of nitrogens with one attached hydrogen (secondary N) is 2. The Labute approximate surface area is 107 Å². The average molecular weight is 249 g/mol. The fourth-order valence-electron chi connectivity index (χ4n) is 1.30. The van der Waals surface area contributed by atoms with E-state index in [1.165, 1.54) is 0 Å². The third-order valence-electron chi connectivity index (χ3n) is 2.21. The lowest BCUT2D eigenvalue weighted by Gasteiger charge is -2.20. The molecule has 1 aromatic rings. The van der Waals surface area contributed by atoms with Crippen LogP contribution in [0.5, 0.6) is 0 Å². The number of hydrogen-bond acceptors (Lipinski definition) is 3. The number of anilines is 1. The third-order valence-corrected chi connectivity index (χ3v) is 2.21. The van der Waals surface area contributed by atoms with E-state index in [0.29, 0.717) is 11.3 Å². The van der Waals surface area contributed by atoms with Gasteiger partial charge in [0.1, 0.15) is 0 Å². The van der Waals surface area contributed by atoms with E-state index < -0.39 is 5.91 Å². The van der Waals surface area contributed by atoms with Crippen LogP contribution in [0.2, 0.25) is 0 Å². The Balaban J connectivity index is 2.59. The number of benzene rings is 1. The molecule has 0 unspecified atom stereocenters. The molecule has 2 amide bonds. The van der Waals surface area contributed by atoms with Gasteiger partial charge in [0.15, 0.2) is 0 Å². The molecular weight excluding hydrogens is 230 g/mol. The Morgan fingerprint density at radius 3 is 2.50 bits per heavy atom. The molecule has 1 aromatic carbocycles. The van der Waals surface area contributed by atoms with Crippen molar-refractivity contribution >= 4 is 17.5 Å². The normalized spacial score (nSPS) is 11.1. The molecule has 98 valence electrons. The first-order chi connectivity index (χ1) is 8.28. The van der Waals surface area contributed by atoms with Crippen molar-refractivity contribution in [1.82, 2.24) is 5.32 Å². The molecule has 0 saturated carbocycles. The van der Waals surface area contributed by atoms with Crippen LogP contribution in [0, 0.1) is 0 Å². The number of hydrogen-bond donors (Lipinski definition) is 3. The van der Waals surface area contributed by atoms with Gasteiger partial charge < -0.3 is 16.4 Å². The summed E-state index contributed by atoms with van der Waals surface area (Å²) in [4.78, 5) is 22.6. The molecule has 0 aromatic heterocycles. The van der Waals surface area contributed by atoms with Gasteiger partial charge in [-0.3, -0.25) is 9.59 Å². The molecule has 0 heterocycles. The first-order valence-electron chi connectivity index (χ1n) is 5.73. The Morgan fingerprint density at radius 1 is 1.28 bits per heavy atom. The average Bonchev–Trinajstić information content (AvgIpc) is 2.26. The first-order valence-corrected chi connectivity index (χ1v) is 5.73. The van der Waals surface area contributed by atoms with Crippen molar-refractivity contribution < 1.29 is 9.59 Å². The van der Waals surface area contributed by atoms with Crippen molar-refractivity contribution in [2.45, 2.75) is 26.3 Å². The van der Waals surface area contributed by atoms with Gasteiger partial charge in [-0.15, -0.1) is 0 Å². The topological polar surface area (TPSA) is 84.2 Å². The molecule has 0 aliphatic rings. The van der Waals surface area contributed by atoms with Crippen molar-refractivity contribution in [1.29, 1.82) is 0 Å². The summed E-state index contributed by atoms with van der Waals surface area (Å²) in [5.74, 6) is -0.675. The highest BCUT2D eigenvalue weighted by atomic mass is 16.2. The monoisotopic (exact) mass is 249 g/mol. The molecule has 0 aliphatic carbocycles. The number of primary amides is 1. The Bertz CT molecular complexity index is 450. The number of carbonyl (C=O) groups excluding carboxylic acids is 2. The third kappa shape index (κ3) is 4.97. The highest BCUT2D eigenvalue weighted by Crippen LogP contribution is 2.10. The summed E-state index contributed by atoms with van der Waals surface area (Å²) in [5, 5.41) is 5.78. The fourth-order valence-corrected chi connectivity index (χ4v) is 1.30. The molecule has 0 spiro atoms. The highest BCUT2D eigenvalue weighted by Gasteiger charge is 2.11. The molecule has 0 fully saturated rings. The van der Waals surface area contributed by atoms with Crippen LogP contribution < -0.4 is 16.4 Å². The molecule has 0 radical (unpaired) electrons. The molecule has 5 nitrogen and oxygen atoms in total. The number of amides is 2. The van der Waals surface area contributed by atoms with Crippen molar-refractivity contribution in [3.05, 3.63) is 29.8 Å². The maximum Gasteiger partial charge on any atom is 0.248 e. The summed E-state index contributed by atoms with van der Waals surface area (Å²) in [5.41, 5.74) is 5.98. The van der Waals surface area contributed by atoms with Crippen molar-refractivity contribution in [2.24, 2.45) is 5.73 Å². The Morgan fingerprint density at radius 2 is 1.94 bits per heavy atom. The van der Waals surface area contributed by atoms with E-state index in [2.05, 4.69) is 10.6 Å². The van der Waals surface area contributed by atoms with Crippen LogP contribution in [0.15, 0.2) is 24.3 Å². The molecule has 0 aliphatic heterocycles. The zero-order chi connectivity index (χ0) is 13.8. The predicted octanol–water partition coefficient (Wildman–Crippen LogP) is 1.11. The van der Waals surface area contributed by atoms with Crippen LogP contribution in [0.25, 0.3) is 0 Å². The van der Waals surface area contributed by atoms with Gasteiger partial charge in [0.25, 0.3) is 0 Å². The smallest absolute Gasteiger partial charge is 0.248 e. The zero-order valence-corrected chi connectivity index (χ0v) is 10.9. The highest BCUT2D eigenvalue weighted by molar-refractivity contribution is 5.96. The van der Waals surface area contributed by atoms with Crippen LogP contribution in [0.3, 0.4) is 0 Å². The molecule has 18 heavy (non-hydrogen) atoms. The molecule has 4 N–H and O–H groups in total. The second kappa shape index (κ2) is 5.64. The summed E-state index contributed by atoms with van der Waals surface area (Å²) < 4.78 is 0. The lowest BCUT2D eigenvalue weighted by atomic mass is 10.1. The second-order valence-electron chi connectivity index (χ2n) is 5.10. The Hall–Kier alpha value is -1.88. The summed E-state index contributed by atoms with van der Waals surface area (Å²) in [6, 6.07) is 6.54. The van der Waals surface area contributed by atoms with Crippen LogP contribution >= 0.6 is 0 Å². The first kappa shape index (κ1) is 14.2. The second-order valence-corrected chi connectivity index (χ2v) is 5.10. The minimum Gasteiger partial charge on any atom is -0.366 e. The van der Waals surface area contributed by atoms with Gasteiger partial charge in [0, 0.05) is 16.8 Å². The molecular formula is C13H19N3O2. The summed E-state index contributed by atoms with van der Waals surface area (Å²) >= 11 is 0. The van der Waals surface area contributed by atoms with Gasteiger partial charge in [-0.2, -0.15) is 0 Å². The van der Waals surface area contributed by atoms with E-state index in [9.17, 15) is 9.59 Å². The standard InChI is InChI=1S/C13H19N3O2/c1-13(2,3)15-8-11(17)16-10-6-4-5-9(7-10)12(14)18/h4-7,15H,8H2,1-3H3,(H2,14,18)(H,16,17). The van der Waals surface area contributed by atoms with Crippen LogP contribution in [-0.4, -0.2) is 23.9 Å². The van der Waals surface area contributed by atoms with E-state index in [1.807, 2.05) is 20.8 Å². The molecule has 5 heteroatoms. The minimum absolute atomic E-state index is 0.119. The predicted molar refractivity (Wildman–Crippen MR) is 71.3 cm³/mol. The lowest BCUT2D eigenvalue weighted by molar-refractivity contribution is -0.115. The molecule has 0 saturated heterocycles. The van der Waals surface area contributed by atoms with Crippen molar-refractivity contribution in [2.75, 3.05) is 11.9 Å². The largest absolute Gasteiger partial charge is 0.366 e. The summed E-state index contributed by atoms with van der Waals surface area (Å²) in [7, 11) is 0. The summed E-state index contributed by atoms with van der Waals surface area (Å²) in [6.07, 6.45) is 0. The molecule has 0 atom stereocenters.